The maximum absolute atomic E-state index is 5.70. The Kier molecular flexibility index (Phi) is 4.97. The van der Waals surface area contributed by atoms with Crippen molar-refractivity contribution in [2.24, 2.45) is 5.73 Å². The van der Waals surface area contributed by atoms with Gasteiger partial charge < -0.3 is 10.6 Å². The molecule has 1 fully saturated rings. The highest BCUT2D eigenvalue weighted by Crippen LogP contribution is 2.12. The van der Waals surface area contributed by atoms with Crippen LogP contribution in [0.1, 0.15) is 6.42 Å². The molecule has 0 aliphatic carbocycles. The lowest BCUT2D eigenvalue weighted by Crippen LogP contribution is -2.26. The van der Waals surface area contributed by atoms with E-state index in [1.165, 1.54) is 0 Å². The molecule has 76 valence electrons. The van der Waals surface area contributed by atoms with Crippen LogP contribution in [0.3, 0.4) is 0 Å². The Labute approximate surface area is 88.1 Å². The summed E-state index contributed by atoms with van der Waals surface area (Å²) in [6.07, 6.45) is 1.01. The topological polar surface area (TPSA) is 83.7 Å². The van der Waals surface area contributed by atoms with Gasteiger partial charge in [-0.05, 0) is 11.6 Å². The first-order chi connectivity index (χ1) is 5.36. The van der Waals surface area contributed by atoms with Crippen molar-refractivity contribution >= 4 is 30.8 Å². The van der Waals surface area contributed by atoms with E-state index in [2.05, 4.69) is 20.6 Å². The molecule has 6 nitrogen and oxygen atoms in total. The van der Waals surface area contributed by atoms with Crippen molar-refractivity contribution < 1.29 is 0 Å². The van der Waals surface area contributed by atoms with Crippen LogP contribution in [0.25, 0.3) is 0 Å². The summed E-state index contributed by atoms with van der Waals surface area (Å²) in [6, 6.07) is 0.258. The van der Waals surface area contributed by atoms with Crippen LogP contribution in [-0.4, -0.2) is 39.8 Å². The molecule has 1 aliphatic rings. The van der Waals surface area contributed by atoms with E-state index in [4.69, 9.17) is 5.73 Å². The molecule has 1 saturated heterocycles. The van der Waals surface area contributed by atoms with Gasteiger partial charge in [-0.15, -0.1) is 29.9 Å². The van der Waals surface area contributed by atoms with Crippen molar-refractivity contribution in [3.63, 3.8) is 0 Å². The highest BCUT2D eigenvalue weighted by molar-refractivity contribution is 5.85. The molecule has 1 aromatic rings. The van der Waals surface area contributed by atoms with Crippen LogP contribution in [0.5, 0.6) is 0 Å². The van der Waals surface area contributed by atoms with E-state index in [9.17, 15) is 0 Å². The Bertz CT molecular complexity index is 227. The van der Waals surface area contributed by atoms with Gasteiger partial charge in [0.15, 0.2) is 0 Å². The van der Waals surface area contributed by atoms with Crippen molar-refractivity contribution in [1.82, 2.24) is 20.6 Å². The van der Waals surface area contributed by atoms with Crippen LogP contribution in [0.4, 0.5) is 5.95 Å². The molecule has 3 N–H and O–H groups in total. The molecule has 0 saturated carbocycles. The molecular weight excluding hydrogens is 215 g/mol. The summed E-state index contributed by atoms with van der Waals surface area (Å²) in [7, 11) is 0. The first-order valence-electron chi connectivity index (χ1n) is 3.60. The number of hydrogen-bond acceptors (Lipinski definition) is 5. The molecule has 0 radical (unpaired) electrons. The SMILES string of the molecule is Cl.Cl.NC1CCN(c2nn[nH]n2)C1. The third-order valence-corrected chi connectivity index (χ3v) is 1.84. The zero-order chi connectivity index (χ0) is 7.68. The number of nitrogens with two attached hydrogens (primary N) is 1. The number of tetrazole rings is 1. The van der Waals surface area contributed by atoms with Crippen molar-refractivity contribution in [2.45, 2.75) is 12.5 Å². The maximum atomic E-state index is 5.70. The second kappa shape index (κ2) is 5.21. The van der Waals surface area contributed by atoms with Gasteiger partial charge in [-0.3, -0.25) is 0 Å². The second-order valence-electron chi connectivity index (χ2n) is 2.71. The van der Waals surface area contributed by atoms with Gasteiger partial charge in [0.05, 0.1) is 0 Å². The summed E-state index contributed by atoms with van der Waals surface area (Å²) < 4.78 is 0. The highest BCUT2D eigenvalue weighted by Gasteiger charge is 2.21. The molecule has 1 unspecified atom stereocenters. The quantitative estimate of drug-likeness (QED) is 0.680. The Hall–Kier alpha value is -0.590. The van der Waals surface area contributed by atoms with E-state index >= 15 is 0 Å². The fourth-order valence-corrected chi connectivity index (χ4v) is 1.26. The normalized spacial score (nSPS) is 20.7. The molecule has 0 aromatic carbocycles. The fraction of sp³-hybridized carbons (Fsp3) is 0.800. The van der Waals surface area contributed by atoms with E-state index in [-0.39, 0.29) is 30.9 Å². The molecular formula is C5H12Cl2N6. The number of nitrogens with zero attached hydrogens (tertiary/aromatic N) is 4. The van der Waals surface area contributed by atoms with Gasteiger partial charge in [-0.1, -0.05) is 5.10 Å². The van der Waals surface area contributed by atoms with Crippen LogP contribution in [0, 0.1) is 0 Å². The van der Waals surface area contributed by atoms with Crippen LogP contribution < -0.4 is 10.6 Å². The Balaban J connectivity index is 0.000000720. The molecule has 0 bridgehead atoms. The molecule has 2 rings (SSSR count). The van der Waals surface area contributed by atoms with E-state index in [1.807, 2.05) is 4.90 Å². The largest absolute Gasteiger partial charge is 0.337 e. The van der Waals surface area contributed by atoms with E-state index in [0.29, 0.717) is 5.95 Å². The number of H-pyrrole nitrogens is 1. The molecule has 13 heavy (non-hydrogen) atoms. The Morgan fingerprint density at radius 1 is 1.46 bits per heavy atom. The summed E-state index contributed by atoms with van der Waals surface area (Å²) in [4.78, 5) is 2.02. The zero-order valence-corrected chi connectivity index (χ0v) is 8.51. The molecule has 0 amide bonds. The number of hydrogen-bond donors (Lipinski definition) is 2. The highest BCUT2D eigenvalue weighted by atomic mass is 35.5. The number of aromatic nitrogens is 4. The first-order valence-corrected chi connectivity index (χ1v) is 3.60. The van der Waals surface area contributed by atoms with Crippen molar-refractivity contribution in [1.29, 1.82) is 0 Å². The van der Waals surface area contributed by atoms with Crippen molar-refractivity contribution in [3.05, 3.63) is 0 Å². The first kappa shape index (κ1) is 12.4. The lowest BCUT2D eigenvalue weighted by molar-refractivity contribution is 0.750. The minimum absolute atomic E-state index is 0. The third kappa shape index (κ3) is 2.68. The van der Waals surface area contributed by atoms with E-state index in [1.54, 1.807) is 0 Å². The molecule has 1 atom stereocenters. The summed E-state index contributed by atoms with van der Waals surface area (Å²) in [5.41, 5.74) is 5.70. The van der Waals surface area contributed by atoms with Gasteiger partial charge in [0.1, 0.15) is 0 Å². The molecule has 1 aliphatic heterocycles. The van der Waals surface area contributed by atoms with Gasteiger partial charge >= 0.3 is 0 Å². The summed E-state index contributed by atoms with van der Waals surface area (Å²) in [6.45, 7) is 1.76. The smallest absolute Gasteiger partial charge is 0.265 e. The molecule has 1 aromatic heterocycles. The zero-order valence-electron chi connectivity index (χ0n) is 6.88. The van der Waals surface area contributed by atoms with Crippen LogP contribution >= 0.6 is 24.8 Å². The van der Waals surface area contributed by atoms with Gasteiger partial charge in [-0.2, -0.15) is 5.21 Å². The number of rotatable bonds is 1. The monoisotopic (exact) mass is 226 g/mol. The molecule has 2 heterocycles. The third-order valence-electron chi connectivity index (χ3n) is 1.84. The van der Waals surface area contributed by atoms with Gasteiger partial charge in [0.25, 0.3) is 5.95 Å². The standard InChI is InChI=1S/C5H10N6.2ClH/c6-4-1-2-11(3-4)5-7-9-10-8-5;;/h4H,1-3,6H2,(H,7,8,9,10);2*1H. The lowest BCUT2D eigenvalue weighted by Gasteiger charge is -2.10. The summed E-state index contributed by atoms with van der Waals surface area (Å²) in [5, 5.41) is 13.6. The minimum Gasteiger partial charge on any atom is -0.337 e. The van der Waals surface area contributed by atoms with Crippen LogP contribution in [-0.2, 0) is 0 Å². The van der Waals surface area contributed by atoms with Crippen LogP contribution in [0.2, 0.25) is 0 Å². The predicted octanol–water partition coefficient (Wildman–Crippen LogP) is -0.419. The number of halogens is 2. The van der Waals surface area contributed by atoms with Crippen LogP contribution in [0.15, 0.2) is 0 Å². The van der Waals surface area contributed by atoms with Crippen molar-refractivity contribution in [2.75, 3.05) is 18.0 Å². The predicted molar refractivity (Wildman–Crippen MR) is 53.5 cm³/mol. The van der Waals surface area contributed by atoms with E-state index < -0.39 is 0 Å². The Morgan fingerprint density at radius 3 is 2.69 bits per heavy atom. The Morgan fingerprint density at radius 2 is 2.23 bits per heavy atom. The maximum Gasteiger partial charge on any atom is 0.265 e. The van der Waals surface area contributed by atoms with Gasteiger partial charge in [0, 0.05) is 19.1 Å². The average molecular weight is 227 g/mol. The number of aromatic amines is 1. The number of anilines is 1. The molecule has 0 spiro atoms. The number of nitrogens with one attached hydrogen (secondary N) is 1. The average Bonchev–Trinajstić information content (AvgIpc) is 2.55. The molecule has 8 heteroatoms. The fourth-order valence-electron chi connectivity index (χ4n) is 1.26. The van der Waals surface area contributed by atoms with Gasteiger partial charge in [-0.25, -0.2) is 0 Å². The van der Waals surface area contributed by atoms with E-state index in [0.717, 1.165) is 19.5 Å². The summed E-state index contributed by atoms with van der Waals surface area (Å²) >= 11 is 0. The minimum atomic E-state index is 0. The lowest BCUT2D eigenvalue weighted by atomic mass is 10.3. The summed E-state index contributed by atoms with van der Waals surface area (Å²) in [5.74, 6) is 0.651. The second-order valence-corrected chi connectivity index (χ2v) is 2.71. The van der Waals surface area contributed by atoms with Gasteiger partial charge in [0.2, 0.25) is 0 Å². The van der Waals surface area contributed by atoms with Crippen molar-refractivity contribution in [3.8, 4) is 0 Å².